The Hall–Kier alpha value is -1.25. The number of benzene rings is 2. The molecule has 172 valence electrons. The van der Waals surface area contributed by atoms with Crippen LogP contribution in [0.5, 0.6) is 0 Å². The van der Waals surface area contributed by atoms with Crippen LogP contribution < -0.4 is 0 Å². The van der Waals surface area contributed by atoms with E-state index in [0.717, 1.165) is 18.2 Å². The van der Waals surface area contributed by atoms with Gasteiger partial charge in [-0.1, -0.05) is 64.6 Å². The fourth-order valence-corrected chi connectivity index (χ4v) is 5.87. The van der Waals surface area contributed by atoms with E-state index in [4.69, 9.17) is 46.4 Å². The lowest BCUT2D eigenvalue weighted by Crippen LogP contribution is -2.37. The first-order valence-corrected chi connectivity index (χ1v) is 12.5. The molecule has 0 N–H and O–H groups in total. The average Bonchev–Trinajstić information content (AvgIpc) is 2.63. The zero-order valence-electron chi connectivity index (χ0n) is 16.1. The number of alkyl halides is 3. The van der Waals surface area contributed by atoms with Gasteiger partial charge >= 0.3 is 6.18 Å². The molecule has 2 aromatic carbocycles. The number of carbonyl (C=O) groups is 1. The van der Waals surface area contributed by atoms with E-state index in [-0.39, 0.29) is 60.8 Å². The van der Waals surface area contributed by atoms with Crippen molar-refractivity contribution in [2.75, 3.05) is 11.5 Å². The summed E-state index contributed by atoms with van der Waals surface area (Å²) in [4.78, 5) is 12.4. The summed E-state index contributed by atoms with van der Waals surface area (Å²) in [6.45, 7) is 0. The summed E-state index contributed by atoms with van der Waals surface area (Å²) >= 11 is 23.7. The zero-order chi connectivity index (χ0) is 23.8. The summed E-state index contributed by atoms with van der Waals surface area (Å²) in [5.41, 5.74) is 0.358. The molecule has 11 heteroatoms. The van der Waals surface area contributed by atoms with Gasteiger partial charge in [0, 0.05) is 12.0 Å². The summed E-state index contributed by atoms with van der Waals surface area (Å²) < 4.78 is 63.4. The Morgan fingerprint density at radius 3 is 2.12 bits per heavy atom. The first-order chi connectivity index (χ1) is 14.8. The number of sulfone groups is 1. The number of hydrogen-bond donors (Lipinski definition) is 0. The van der Waals surface area contributed by atoms with Gasteiger partial charge < -0.3 is 0 Å². The lowest BCUT2D eigenvalue weighted by Gasteiger charge is -2.24. The summed E-state index contributed by atoms with van der Waals surface area (Å²) in [5, 5.41) is -0.155. The highest BCUT2D eigenvalue weighted by atomic mass is 35.5. The van der Waals surface area contributed by atoms with E-state index in [1.807, 2.05) is 0 Å². The van der Waals surface area contributed by atoms with Gasteiger partial charge in [-0.05, 0) is 41.3 Å². The average molecular weight is 546 g/mol. The van der Waals surface area contributed by atoms with Crippen molar-refractivity contribution in [1.29, 1.82) is 0 Å². The van der Waals surface area contributed by atoms with Crippen LogP contribution in [0.1, 0.15) is 33.8 Å². The smallest absolute Gasteiger partial charge is 0.294 e. The van der Waals surface area contributed by atoms with E-state index >= 15 is 0 Å². The van der Waals surface area contributed by atoms with Crippen LogP contribution in [0.2, 0.25) is 20.1 Å². The number of carbonyl (C=O) groups excluding carboxylic acids is 1. The van der Waals surface area contributed by atoms with E-state index < -0.39 is 21.9 Å². The predicted octanol–water partition coefficient (Wildman–Crippen LogP) is 7.28. The second kappa shape index (κ2) is 9.55. The molecule has 2 aromatic rings. The standard InChI is InChI=1S/C21H15Cl4F3O3S/c22-16-5-11(1-3-14(16)19(29)6-12-9-32(30,31)10-12)2-4-15(21(26,27)28)13-7-17(23)20(25)18(24)8-13/h1-5,7-8,12,15H,6,9-10H2/b4-2+. The maximum Gasteiger partial charge on any atom is 0.399 e. The maximum atomic E-state index is 13.7. The fourth-order valence-electron chi connectivity index (χ4n) is 3.39. The van der Waals surface area contributed by atoms with Gasteiger partial charge in [-0.2, -0.15) is 13.2 Å². The van der Waals surface area contributed by atoms with Gasteiger partial charge in [0.15, 0.2) is 15.6 Å². The quantitative estimate of drug-likeness (QED) is 0.283. The van der Waals surface area contributed by atoms with Crippen molar-refractivity contribution in [1.82, 2.24) is 0 Å². The van der Waals surface area contributed by atoms with Crippen LogP contribution in [0.3, 0.4) is 0 Å². The minimum absolute atomic E-state index is 0.0330. The molecule has 1 unspecified atom stereocenters. The summed E-state index contributed by atoms with van der Waals surface area (Å²) in [5.74, 6) is -2.63. The summed E-state index contributed by atoms with van der Waals surface area (Å²) in [6.07, 6.45) is -2.42. The Kier molecular flexibility index (Phi) is 7.57. The molecule has 0 amide bonds. The van der Waals surface area contributed by atoms with Gasteiger partial charge in [0.05, 0.1) is 37.5 Å². The van der Waals surface area contributed by atoms with E-state index in [1.165, 1.54) is 24.3 Å². The first-order valence-electron chi connectivity index (χ1n) is 9.19. The lowest BCUT2D eigenvalue weighted by molar-refractivity contribution is -0.139. The second-order valence-electron chi connectivity index (χ2n) is 7.49. The third-order valence-corrected chi connectivity index (χ3v) is 8.41. The van der Waals surface area contributed by atoms with E-state index in [2.05, 4.69) is 0 Å². The molecule has 1 atom stereocenters. The van der Waals surface area contributed by atoms with Gasteiger partial charge in [0.25, 0.3) is 0 Å². The molecule has 0 radical (unpaired) electrons. The van der Waals surface area contributed by atoms with Crippen LogP contribution in [0.15, 0.2) is 36.4 Å². The number of allylic oxidation sites excluding steroid dienone is 1. The van der Waals surface area contributed by atoms with Crippen molar-refractivity contribution in [3.05, 3.63) is 73.2 Å². The molecule has 1 heterocycles. The molecule has 0 aromatic heterocycles. The molecule has 0 bridgehead atoms. The van der Waals surface area contributed by atoms with Crippen LogP contribution in [0.25, 0.3) is 6.08 Å². The molecular formula is C21H15Cl4F3O3S. The van der Waals surface area contributed by atoms with Crippen LogP contribution >= 0.6 is 46.4 Å². The Bertz CT molecular complexity index is 1160. The molecule has 0 saturated carbocycles. The third kappa shape index (κ3) is 6.00. The van der Waals surface area contributed by atoms with E-state index in [9.17, 15) is 26.4 Å². The molecule has 3 nitrogen and oxygen atoms in total. The number of ketones is 1. The Morgan fingerprint density at radius 1 is 1.03 bits per heavy atom. The highest BCUT2D eigenvalue weighted by molar-refractivity contribution is 7.92. The Balaban J connectivity index is 1.81. The molecule has 3 rings (SSSR count). The number of halogens is 7. The van der Waals surface area contributed by atoms with Crippen LogP contribution in [0, 0.1) is 5.92 Å². The number of Topliss-reactive ketones (excluding diaryl/α,β-unsaturated/α-hetero) is 1. The molecule has 1 fully saturated rings. The third-order valence-electron chi connectivity index (χ3n) is 4.95. The molecule has 32 heavy (non-hydrogen) atoms. The summed E-state index contributed by atoms with van der Waals surface area (Å²) in [6, 6.07) is 6.46. The maximum absolute atomic E-state index is 13.7. The Morgan fingerprint density at radius 2 is 1.62 bits per heavy atom. The lowest BCUT2D eigenvalue weighted by atomic mass is 9.96. The molecule has 1 aliphatic heterocycles. The first kappa shape index (κ1) is 25.4. The highest BCUT2D eigenvalue weighted by Crippen LogP contribution is 2.41. The van der Waals surface area contributed by atoms with Crippen molar-refractivity contribution < 1.29 is 26.4 Å². The zero-order valence-corrected chi connectivity index (χ0v) is 19.9. The van der Waals surface area contributed by atoms with Crippen molar-refractivity contribution in [3.8, 4) is 0 Å². The SMILES string of the molecule is O=C(CC1CS(=O)(=O)C1)c1ccc(/C=C/C(c2cc(Cl)c(Cl)c(Cl)c2)C(F)(F)F)cc1Cl. The molecule has 1 saturated heterocycles. The fraction of sp³-hybridized carbons (Fsp3) is 0.286. The largest absolute Gasteiger partial charge is 0.399 e. The molecular weight excluding hydrogens is 531 g/mol. The minimum atomic E-state index is -4.63. The molecule has 0 aliphatic carbocycles. The predicted molar refractivity (Wildman–Crippen MR) is 122 cm³/mol. The second-order valence-corrected chi connectivity index (χ2v) is 11.2. The topological polar surface area (TPSA) is 51.2 Å². The van der Waals surface area contributed by atoms with Gasteiger partial charge in [-0.3, -0.25) is 4.79 Å². The van der Waals surface area contributed by atoms with Crippen molar-refractivity contribution in [3.63, 3.8) is 0 Å². The molecule has 0 spiro atoms. The van der Waals surface area contributed by atoms with Crippen LogP contribution in [-0.4, -0.2) is 31.9 Å². The van der Waals surface area contributed by atoms with Crippen molar-refractivity contribution >= 4 is 68.1 Å². The van der Waals surface area contributed by atoms with E-state index in [1.54, 1.807) is 0 Å². The van der Waals surface area contributed by atoms with Gasteiger partial charge in [0.2, 0.25) is 0 Å². The van der Waals surface area contributed by atoms with Gasteiger partial charge in [-0.15, -0.1) is 0 Å². The number of hydrogen-bond acceptors (Lipinski definition) is 3. The van der Waals surface area contributed by atoms with Crippen molar-refractivity contribution in [2.24, 2.45) is 5.92 Å². The normalized spacial score (nSPS) is 17.3. The van der Waals surface area contributed by atoms with Crippen LogP contribution in [-0.2, 0) is 9.84 Å². The van der Waals surface area contributed by atoms with Gasteiger partial charge in [-0.25, -0.2) is 8.42 Å². The minimum Gasteiger partial charge on any atom is -0.294 e. The monoisotopic (exact) mass is 544 g/mol. The highest BCUT2D eigenvalue weighted by Gasteiger charge is 2.39. The number of rotatable bonds is 6. The van der Waals surface area contributed by atoms with Crippen LogP contribution in [0.4, 0.5) is 13.2 Å². The van der Waals surface area contributed by atoms with Crippen molar-refractivity contribution in [2.45, 2.75) is 18.5 Å². The Labute approximate surface area is 203 Å². The summed E-state index contributed by atoms with van der Waals surface area (Å²) in [7, 11) is -3.04. The van der Waals surface area contributed by atoms with Gasteiger partial charge in [0.1, 0.15) is 0 Å². The molecule has 1 aliphatic rings. The van der Waals surface area contributed by atoms with E-state index in [0.29, 0.717) is 5.56 Å².